The summed E-state index contributed by atoms with van der Waals surface area (Å²) in [6.07, 6.45) is 13.7. The van der Waals surface area contributed by atoms with E-state index in [4.69, 9.17) is 28.7 Å². The van der Waals surface area contributed by atoms with Crippen molar-refractivity contribution in [3.05, 3.63) is 95.5 Å². The molecule has 18 nitrogen and oxygen atoms in total. The number of Topliss-reactive ketones (excluding diaryl/α,β-unsaturated/α-hetero) is 1. The zero-order valence-electron chi connectivity index (χ0n) is 42.5. The highest BCUT2D eigenvalue weighted by Crippen LogP contribution is 2.41. The Balaban J connectivity index is 0.802. The highest BCUT2D eigenvalue weighted by atomic mass is 16.5. The van der Waals surface area contributed by atoms with Crippen LogP contribution in [0.4, 0.5) is 17.1 Å². The number of benzene rings is 3. The molecule has 74 heavy (non-hydrogen) atoms. The van der Waals surface area contributed by atoms with Gasteiger partial charge in [0, 0.05) is 80.7 Å². The fourth-order valence-electron chi connectivity index (χ4n) is 9.53. The molecule has 0 spiro atoms. The normalized spacial score (nSPS) is 18.4. The van der Waals surface area contributed by atoms with Gasteiger partial charge >= 0.3 is 0 Å². The quantitative estimate of drug-likeness (QED) is 0.0684. The fourth-order valence-corrected chi connectivity index (χ4v) is 9.53. The number of unbranched alkanes of at least 4 members (excludes halogenated alkanes) is 2. The molecule has 0 aromatic heterocycles. The lowest BCUT2D eigenvalue weighted by molar-refractivity contribution is -0.131. The van der Waals surface area contributed by atoms with Gasteiger partial charge in [-0.15, -0.1) is 0 Å². The van der Waals surface area contributed by atoms with Gasteiger partial charge in [-0.1, -0.05) is 45.7 Å². The van der Waals surface area contributed by atoms with Crippen LogP contribution >= 0.6 is 0 Å². The van der Waals surface area contributed by atoms with E-state index in [9.17, 15) is 33.6 Å². The Labute approximate surface area is 429 Å². The van der Waals surface area contributed by atoms with Crippen LogP contribution < -0.4 is 29.6 Å². The Morgan fingerprint density at radius 1 is 0.689 bits per heavy atom. The molecule has 0 fully saturated rings. The van der Waals surface area contributed by atoms with Crippen LogP contribution in [0.15, 0.2) is 88.8 Å². The first-order valence-electron chi connectivity index (χ1n) is 25.0. The van der Waals surface area contributed by atoms with Crippen LogP contribution in [0, 0.1) is 17.8 Å². The van der Waals surface area contributed by atoms with Gasteiger partial charge in [0.15, 0.2) is 40.3 Å². The number of allylic oxidation sites excluding steroid dienone is 2. The Hall–Kier alpha value is -7.89. The van der Waals surface area contributed by atoms with Crippen molar-refractivity contribution >= 4 is 76.0 Å². The summed E-state index contributed by atoms with van der Waals surface area (Å²) in [5, 5.41) is 5.75. The molecule has 0 saturated heterocycles. The fraction of sp³-hybridized carbons (Fsp3) is 0.411. The van der Waals surface area contributed by atoms with Crippen LogP contribution in [0.25, 0.3) is 5.57 Å². The maximum atomic E-state index is 14.1. The van der Waals surface area contributed by atoms with E-state index >= 15 is 0 Å². The molecular weight excluding hydrogens is 949 g/mol. The van der Waals surface area contributed by atoms with Crippen LogP contribution in [-0.2, 0) is 28.7 Å². The number of fused-ring (bicyclic) bond motifs is 4. The van der Waals surface area contributed by atoms with Crippen molar-refractivity contribution in [1.29, 1.82) is 0 Å². The topological polar surface area (TPSA) is 221 Å². The van der Waals surface area contributed by atoms with Gasteiger partial charge in [-0.05, 0) is 66.3 Å². The van der Waals surface area contributed by atoms with Crippen molar-refractivity contribution in [2.24, 2.45) is 27.7 Å². The number of hydrogen-bond donors (Lipinski definition) is 2. The van der Waals surface area contributed by atoms with E-state index in [1.54, 1.807) is 78.9 Å². The van der Waals surface area contributed by atoms with Crippen LogP contribution in [0.2, 0.25) is 0 Å². The number of anilines is 1. The molecule has 3 aromatic rings. The minimum absolute atomic E-state index is 0.0610. The van der Waals surface area contributed by atoms with E-state index in [1.807, 2.05) is 32.2 Å². The first-order valence-corrected chi connectivity index (χ1v) is 25.0. The third-order valence-corrected chi connectivity index (χ3v) is 13.8. The van der Waals surface area contributed by atoms with Gasteiger partial charge in [-0.25, -0.2) is 0 Å². The molecule has 4 aliphatic heterocycles. The molecule has 1 aliphatic carbocycles. The summed E-state index contributed by atoms with van der Waals surface area (Å²) in [4.78, 5) is 103. The number of nitrogens with one attached hydrogen (secondary N) is 2. The van der Waals surface area contributed by atoms with Crippen LogP contribution in [0.1, 0.15) is 105 Å². The summed E-state index contributed by atoms with van der Waals surface area (Å²) in [6.45, 7) is 5.88. The molecule has 388 valence electrons. The molecule has 5 aliphatic rings. The molecule has 2 N–H and O–H groups in total. The molecule has 4 heterocycles. The van der Waals surface area contributed by atoms with Crippen LogP contribution in [0.3, 0.4) is 0 Å². The van der Waals surface area contributed by atoms with Crippen molar-refractivity contribution in [1.82, 2.24) is 15.1 Å². The van der Waals surface area contributed by atoms with E-state index in [0.29, 0.717) is 102 Å². The van der Waals surface area contributed by atoms with E-state index in [2.05, 4.69) is 15.6 Å². The molecule has 0 bridgehead atoms. The van der Waals surface area contributed by atoms with E-state index in [0.717, 1.165) is 11.1 Å². The summed E-state index contributed by atoms with van der Waals surface area (Å²) in [7, 11) is 4.59. The SMILES string of the molecule is COC1=CN2C(=O)c3cc(OC)c(OCCCOc4cc5c(cc4OC)C(=O)N4C=C(c6ccc(NC(=O)[C@H](C)CC(=O)[C@@H](NC(=O)CCCCCC7C(=O)C=CC7=O)C(C)C)cc6)C[C@H]4C=N5)cc3N=C[C@@H]2C1. The number of aliphatic imine (C=N–C) groups is 2. The maximum absolute atomic E-state index is 14.1. The molecule has 4 atom stereocenters. The zero-order valence-corrected chi connectivity index (χ0v) is 42.5. The summed E-state index contributed by atoms with van der Waals surface area (Å²) in [5.74, 6) is -0.745. The van der Waals surface area contributed by atoms with Crippen LogP contribution in [0.5, 0.6) is 23.0 Å². The van der Waals surface area contributed by atoms with Crippen molar-refractivity contribution in [2.75, 3.05) is 39.9 Å². The number of ether oxygens (including phenoxy) is 5. The van der Waals surface area contributed by atoms with E-state index in [-0.39, 0.29) is 85.0 Å². The number of rotatable bonds is 23. The van der Waals surface area contributed by atoms with Crippen molar-refractivity contribution in [3.63, 3.8) is 0 Å². The second kappa shape index (κ2) is 23.3. The minimum Gasteiger partial charge on any atom is -0.499 e. The lowest BCUT2D eigenvalue weighted by Crippen LogP contribution is -2.45. The Bertz CT molecular complexity index is 2850. The average Bonchev–Trinajstić information content (AvgIpc) is 4.07. The lowest BCUT2D eigenvalue weighted by Gasteiger charge is -2.23. The number of ketones is 3. The number of carbonyl (C=O) groups excluding carboxylic acids is 7. The lowest BCUT2D eigenvalue weighted by atomic mass is 9.92. The maximum Gasteiger partial charge on any atom is 0.260 e. The average molecular weight is 1010 g/mol. The second-order valence-corrected chi connectivity index (χ2v) is 19.3. The second-order valence-electron chi connectivity index (χ2n) is 19.3. The number of nitrogens with zero attached hydrogens (tertiary/aromatic N) is 4. The third kappa shape index (κ3) is 11.8. The largest absolute Gasteiger partial charge is 0.499 e. The molecular formula is C56H62N6O12. The zero-order chi connectivity index (χ0) is 52.6. The van der Waals surface area contributed by atoms with E-state index in [1.165, 1.54) is 26.4 Å². The first kappa shape index (κ1) is 52.4. The van der Waals surface area contributed by atoms with Gasteiger partial charge in [0.1, 0.15) is 5.76 Å². The van der Waals surface area contributed by atoms with Crippen molar-refractivity contribution in [3.8, 4) is 23.0 Å². The molecule has 4 amide bonds. The van der Waals surface area contributed by atoms with Gasteiger partial charge in [0.2, 0.25) is 11.8 Å². The Morgan fingerprint density at radius 2 is 1.27 bits per heavy atom. The molecule has 0 unspecified atom stereocenters. The number of methoxy groups -OCH3 is 3. The Kier molecular flexibility index (Phi) is 16.5. The highest BCUT2D eigenvalue weighted by molar-refractivity contribution is 6.18. The summed E-state index contributed by atoms with van der Waals surface area (Å²) >= 11 is 0. The smallest absolute Gasteiger partial charge is 0.260 e. The highest BCUT2D eigenvalue weighted by Gasteiger charge is 2.36. The first-order chi connectivity index (χ1) is 35.6. The Morgan fingerprint density at radius 3 is 1.84 bits per heavy atom. The number of amides is 4. The monoisotopic (exact) mass is 1010 g/mol. The third-order valence-electron chi connectivity index (χ3n) is 13.8. The van der Waals surface area contributed by atoms with Gasteiger partial charge < -0.3 is 44.1 Å². The van der Waals surface area contributed by atoms with E-state index < -0.39 is 17.9 Å². The molecule has 3 aromatic carbocycles. The predicted octanol–water partition coefficient (Wildman–Crippen LogP) is 7.89. The number of carbonyl (C=O) groups is 7. The summed E-state index contributed by atoms with van der Waals surface area (Å²) in [6, 6.07) is 12.6. The number of hydrogen-bond acceptors (Lipinski definition) is 14. The molecule has 8 rings (SSSR count). The summed E-state index contributed by atoms with van der Waals surface area (Å²) in [5.41, 5.74) is 3.99. The predicted molar refractivity (Wildman–Crippen MR) is 276 cm³/mol. The molecule has 0 radical (unpaired) electrons. The van der Waals surface area contributed by atoms with Crippen LogP contribution in [-0.4, -0.2) is 116 Å². The van der Waals surface area contributed by atoms with Gasteiger partial charge in [-0.2, -0.15) is 0 Å². The standard InChI is InChI=1S/C56H62N6O12/c1-32(2)53(60-52(66)12-9-7-8-11-40-45(63)17-18-46(40)64)47(65)21-33(3)54(67)59-36-15-13-34(14-16-36)35-22-37-28-57-43-26-50(48(71-5)24-41(43)55(68)61(37)30-35)73-19-10-20-74-51-27-44-42(25-49(51)72-6)56(69)62-31-39(70-4)23-38(62)29-58-44/h13-18,24-33,37-38,40,53H,7-12,19-23H2,1-6H3,(H,59,67)(H,60,66)/t33-,37+,38+,53+/m1/s1. The molecule has 0 saturated carbocycles. The summed E-state index contributed by atoms with van der Waals surface area (Å²) < 4.78 is 28.8. The van der Waals surface area contributed by atoms with Crippen molar-refractivity contribution < 1.29 is 57.2 Å². The minimum atomic E-state index is -0.749. The van der Waals surface area contributed by atoms with Gasteiger partial charge in [-0.3, -0.25) is 43.5 Å². The van der Waals surface area contributed by atoms with Gasteiger partial charge in [0.05, 0.1) is 81.1 Å². The van der Waals surface area contributed by atoms with Crippen molar-refractivity contribution in [2.45, 2.75) is 96.7 Å². The van der Waals surface area contributed by atoms with Gasteiger partial charge in [0.25, 0.3) is 11.8 Å². The molecule has 18 heteroatoms.